The Morgan fingerprint density at radius 1 is 1.10 bits per heavy atom. The van der Waals surface area contributed by atoms with Crippen molar-refractivity contribution < 1.29 is 28.2 Å². The Balaban J connectivity index is 2.12. The van der Waals surface area contributed by atoms with Crippen LogP contribution < -0.4 is 19.6 Å². The molecule has 3 aromatic rings. The predicted molar refractivity (Wildman–Crippen MR) is 117 cm³/mol. The summed E-state index contributed by atoms with van der Waals surface area (Å²) in [4.78, 5) is 24.0. The largest absolute Gasteiger partial charge is 0.493 e. The fraction of sp³-hybridized carbons (Fsp3) is 0.304. The van der Waals surface area contributed by atoms with Gasteiger partial charge in [-0.2, -0.15) is 0 Å². The predicted octanol–water partition coefficient (Wildman–Crippen LogP) is 4.85. The van der Waals surface area contributed by atoms with E-state index in [1.165, 1.54) is 27.2 Å². The molecule has 0 saturated carbocycles. The van der Waals surface area contributed by atoms with Crippen molar-refractivity contribution in [3.63, 3.8) is 0 Å². The standard InChI is InChI=1S/C23H23ClO7/c1-13(25)31-23(2,3)12-29-22-18(27-4)10-9-15(21(22)28-5)19-11-17(26)14-7-6-8-16(24)20(14)30-19/h6-11H,12H2,1-5H3. The molecule has 164 valence electrons. The lowest BCUT2D eigenvalue weighted by Gasteiger charge is -2.26. The molecule has 31 heavy (non-hydrogen) atoms. The fourth-order valence-corrected chi connectivity index (χ4v) is 3.39. The van der Waals surface area contributed by atoms with Crippen molar-refractivity contribution in [2.45, 2.75) is 26.4 Å². The van der Waals surface area contributed by atoms with Crippen molar-refractivity contribution in [2.75, 3.05) is 20.8 Å². The highest BCUT2D eigenvalue weighted by Gasteiger charge is 2.26. The highest BCUT2D eigenvalue weighted by atomic mass is 35.5. The topological polar surface area (TPSA) is 84.2 Å². The van der Waals surface area contributed by atoms with Gasteiger partial charge >= 0.3 is 5.97 Å². The van der Waals surface area contributed by atoms with Gasteiger partial charge in [-0.15, -0.1) is 0 Å². The maximum Gasteiger partial charge on any atom is 0.303 e. The Hall–Kier alpha value is -3.19. The Kier molecular flexibility index (Phi) is 6.45. The minimum Gasteiger partial charge on any atom is -0.493 e. The minimum absolute atomic E-state index is 0.0379. The van der Waals surface area contributed by atoms with Crippen LogP contribution in [0.25, 0.3) is 22.3 Å². The smallest absolute Gasteiger partial charge is 0.303 e. The van der Waals surface area contributed by atoms with Gasteiger partial charge in [-0.05, 0) is 38.1 Å². The number of carbonyl (C=O) groups is 1. The number of methoxy groups -OCH3 is 2. The number of hydrogen-bond donors (Lipinski definition) is 0. The van der Waals surface area contributed by atoms with Crippen LogP contribution in [0.3, 0.4) is 0 Å². The third-order valence-electron chi connectivity index (χ3n) is 4.46. The van der Waals surface area contributed by atoms with Gasteiger partial charge < -0.3 is 23.4 Å². The number of ether oxygens (including phenoxy) is 4. The van der Waals surface area contributed by atoms with E-state index < -0.39 is 11.6 Å². The molecular weight excluding hydrogens is 424 g/mol. The van der Waals surface area contributed by atoms with Gasteiger partial charge in [-0.25, -0.2) is 0 Å². The number of hydrogen-bond acceptors (Lipinski definition) is 7. The Labute approximate surface area is 184 Å². The first-order valence-corrected chi connectivity index (χ1v) is 9.84. The zero-order valence-electron chi connectivity index (χ0n) is 17.9. The summed E-state index contributed by atoms with van der Waals surface area (Å²) in [7, 11) is 2.96. The van der Waals surface area contributed by atoms with Gasteiger partial charge in [0.1, 0.15) is 18.0 Å². The molecule has 0 bridgehead atoms. The van der Waals surface area contributed by atoms with Crippen LogP contribution in [0.1, 0.15) is 20.8 Å². The van der Waals surface area contributed by atoms with Gasteiger partial charge in [-0.1, -0.05) is 17.7 Å². The molecule has 0 N–H and O–H groups in total. The van der Waals surface area contributed by atoms with Gasteiger partial charge in [0.15, 0.2) is 22.5 Å². The maximum absolute atomic E-state index is 12.6. The van der Waals surface area contributed by atoms with Gasteiger partial charge in [0, 0.05) is 13.0 Å². The number of halogens is 1. The molecule has 0 saturated heterocycles. The molecule has 1 heterocycles. The number of para-hydroxylation sites is 1. The number of esters is 1. The Bertz CT molecular complexity index is 1180. The van der Waals surface area contributed by atoms with Gasteiger partial charge in [0.05, 0.1) is 30.2 Å². The van der Waals surface area contributed by atoms with Crippen LogP contribution in [-0.2, 0) is 9.53 Å². The first-order valence-electron chi connectivity index (χ1n) is 9.47. The van der Waals surface area contributed by atoms with Crippen molar-refractivity contribution in [1.82, 2.24) is 0 Å². The summed E-state index contributed by atoms with van der Waals surface area (Å²) in [5, 5.41) is 0.701. The number of rotatable bonds is 7. The van der Waals surface area contributed by atoms with E-state index in [0.29, 0.717) is 27.5 Å². The quantitative estimate of drug-likeness (QED) is 0.479. The van der Waals surface area contributed by atoms with Gasteiger partial charge in [0.25, 0.3) is 0 Å². The van der Waals surface area contributed by atoms with Crippen molar-refractivity contribution in [1.29, 1.82) is 0 Å². The monoisotopic (exact) mass is 446 g/mol. The lowest BCUT2D eigenvalue weighted by Crippen LogP contribution is -2.34. The molecule has 0 aliphatic rings. The average Bonchev–Trinajstić information content (AvgIpc) is 2.71. The van der Waals surface area contributed by atoms with Gasteiger partial charge in [-0.3, -0.25) is 9.59 Å². The zero-order chi connectivity index (χ0) is 22.8. The summed E-state index contributed by atoms with van der Waals surface area (Å²) in [6.07, 6.45) is 0. The first kappa shape index (κ1) is 22.5. The number of fused-ring (bicyclic) bond motifs is 1. The van der Waals surface area contributed by atoms with Crippen LogP contribution >= 0.6 is 11.6 Å². The second kappa shape index (κ2) is 8.89. The normalized spacial score (nSPS) is 11.3. The summed E-state index contributed by atoms with van der Waals surface area (Å²) in [6.45, 7) is 4.82. The number of benzene rings is 2. The highest BCUT2D eigenvalue weighted by molar-refractivity contribution is 6.34. The fourth-order valence-electron chi connectivity index (χ4n) is 3.18. The molecule has 1 aromatic heterocycles. The van der Waals surface area contributed by atoms with Crippen LogP contribution in [0.4, 0.5) is 0 Å². The average molecular weight is 447 g/mol. The van der Waals surface area contributed by atoms with Crippen molar-refractivity contribution in [2.24, 2.45) is 0 Å². The lowest BCUT2D eigenvalue weighted by atomic mass is 10.1. The third kappa shape index (κ3) is 4.77. The summed E-state index contributed by atoms with van der Waals surface area (Å²) in [6, 6.07) is 9.72. The molecule has 0 spiro atoms. The zero-order valence-corrected chi connectivity index (χ0v) is 18.7. The van der Waals surface area contributed by atoms with Crippen LogP contribution in [-0.4, -0.2) is 32.4 Å². The van der Waals surface area contributed by atoms with Crippen LogP contribution in [0.5, 0.6) is 17.2 Å². The second-order valence-corrected chi connectivity index (χ2v) is 7.82. The number of carbonyl (C=O) groups excluding carboxylic acids is 1. The van der Waals surface area contributed by atoms with Crippen molar-refractivity contribution >= 4 is 28.5 Å². The molecule has 7 nitrogen and oxygen atoms in total. The molecule has 0 fully saturated rings. The summed E-state index contributed by atoms with van der Waals surface area (Å²) >= 11 is 6.23. The minimum atomic E-state index is -0.888. The van der Waals surface area contributed by atoms with E-state index in [9.17, 15) is 9.59 Å². The molecular formula is C23H23ClO7. The van der Waals surface area contributed by atoms with E-state index in [0.717, 1.165) is 0 Å². The first-order chi connectivity index (χ1) is 14.7. The molecule has 0 aliphatic carbocycles. The third-order valence-corrected chi connectivity index (χ3v) is 4.75. The molecule has 3 rings (SSSR count). The van der Waals surface area contributed by atoms with Gasteiger partial charge in [0.2, 0.25) is 5.75 Å². The van der Waals surface area contributed by atoms with E-state index in [4.69, 9.17) is 35.0 Å². The van der Waals surface area contributed by atoms with Crippen LogP contribution in [0.15, 0.2) is 45.6 Å². The molecule has 0 amide bonds. The Morgan fingerprint density at radius 3 is 2.48 bits per heavy atom. The van der Waals surface area contributed by atoms with Crippen LogP contribution in [0, 0.1) is 0 Å². The maximum atomic E-state index is 12.6. The van der Waals surface area contributed by atoms with E-state index in [-0.39, 0.29) is 29.1 Å². The highest BCUT2D eigenvalue weighted by Crippen LogP contribution is 2.45. The molecule has 2 aromatic carbocycles. The molecule has 8 heteroatoms. The van der Waals surface area contributed by atoms with E-state index in [2.05, 4.69) is 0 Å². The molecule has 0 radical (unpaired) electrons. The Morgan fingerprint density at radius 2 is 1.84 bits per heavy atom. The molecule has 0 unspecified atom stereocenters. The summed E-state index contributed by atoms with van der Waals surface area (Å²) < 4.78 is 28.2. The molecule has 0 atom stereocenters. The van der Waals surface area contributed by atoms with Crippen molar-refractivity contribution in [3.05, 3.63) is 51.6 Å². The summed E-state index contributed by atoms with van der Waals surface area (Å²) in [5.74, 6) is 0.822. The van der Waals surface area contributed by atoms with E-state index >= 15 is 0 Å². The van der Waals surface area contributed by atoms with Crippen molar-refractivity contribution in [3.8, 4) is 28.6 Å². The summed E-state index contributed by atoms with van der Waals surface area (Å²) in [5.41, 5.74) is -0.374. The molecule has 0 aliphatic heterocycles. The van der Waals surface area contributed by atoms with Crippen LogP contribution in [0.2, 0.25) is 5.02 Å². The second-order valence-electron chi connectivity index (χ2n) is 7.41. The van der Waals surface area contributed by atoms with E-state index in [1.807, 2.05) is 0 Å². The van der Waals surface area contributed by atoms with E-state index in [1.54, 1.807) is 44.2 Å². The SMILES string of the molecule is COc1ccc(-c2cc(=O)c3cccc(Cl)c3o2)c(OC)c1OCC(C)(C)OC(C)=O. The lowest BCUT2D eigenvalue weighted by molar-refractivity contribution is -0.156.